The molecule has 3 heterocycles. The quantitative estimate of drug-likeness (QED) is 0.601. The summed E-state index contributed by atoms with van der Waals surface area (Å²) in [6.45, 7) is 4.42. The van der Waals surface area contributed by atoms with Crippen LogP contribution in [0.15, 0.2) is 0 Å². The average Bonchev–Trinajstić information content (AvgIpc) is 2.73. The molecule has 4 aliphatic rings. The van der Waals surface area contributed by atoms with E-state index in [0.29, 0.717) is 30.0 Å². The van der Waals surface area contributed by atoms with Crippen LogP contribution in [0.4, 0.5) is 0 Å². The number of fused-ring (bicyclic) bond motifs is 1. The highest BCUT2D eigenvalue weighted by Gasteiger charge is 2.41. The van der Waals surface area contributed by atoms with Gasteiger partial charge in [-0.2, -0.15) is 5.48 Å². The first-order valence-corrected chi connectivity index (χ1v) is 11.4. The van der Waals surface area contributed by atoms with Gasteiger partial charge in [0.2, 0.25) is 0 Å². The highest BCUT2D eigenvalue weighted by molar-refractivity contribution is 5.81. The van der Waals surface area contributed by atoms with E-state index in [4.69, 9.17) is 4.84 Å². The second kappa shape index (κ2) is 9.21. The largest absolute Gasteiger partial charge is 0.348 e. The fourth-order valence-corrected chi connectivity index (χ4v) is 5.76. The summed E-state index contributed by atoms with van der Waals surface area (Å²) < 4.78 is 0. The van der Waals surface area contributed by atoms with Gasteiger partial charge in [-0.3, -0.25) is 9.63 Å². The molecular weight excluding hydrogens is 340 g/mol. The van der Waals surface area contributed by atoms with Crippen molar-refractivity contribution in [2.45, 2.75) is 101 Å². The Morgan fingerprint density at radius 3 is 2.30 bits per heavy atom. The monoisotopic (exact) mass is 378 g/mol. The minimum atomic E-state index is -0.355. The first-order valence-electron chi connectivity index (χ1n) is 11.4. The van der Waals surface area contributed by atoms with Crippen LogP contribution in [0, 0.1) is 11.8 Å². The first-order chi connectivity index (χ1) is 13.2. The van der Waals surface area contributed by atoms with Crippen LogP contribution in [0.25, 0.3) is 0 Å². The Labute approximate surface area is 163 Å². The van der Waals surface area contributed by atoms with Crippen LogP contribution in [-0.4, -0.2) is 49.3 Å². The SMILES string of the molecule is CC1CCCC2CC(C(=O)NC(C3CCCCN3)C3CCCCN3)ONC12. The number of rotatable bonds is 4. The minimum absolute atomic E-state index is 0.0731. The highest BCUT2D eigenvalue weighted by Crippen LogP contribution is 2.35. The van der Waals surface area contributed by atoms with Gasteiger partial charge in [0.1, 0.15) is 0 Å². The zero-order valence-electron chi connectivity index (χ0n) is 16.8. The van der Waals surface area contributed by atoms with Gasteiger partial charge in [0.05, 0.1) is 6.04 Å². The Bertz CT molecular complexity index is 473. The minimum Gasteiger partial charge on any atom is -0.348 e. The van der Waals surface area contributed by atoms with Crippen LogP contribution >= 0.6 is 0 Å². The summed E-state index contributed by atoms with van der Waals surface area (Å²) in [6.07, 6.45) is 11.5. The summed E-state index contributed by atoms with van der Waals surface area (Å²) in [7, 11) is 0. The third-order valence-corrected chi connectivity index (χ3v) is 7.38. The molecule has 1 aliphatic carbocycles. The molecular formula is C21H38N4O2. The Kier molecular flexibility index (Phi) is 6.69. The zero-order valence-corrected chi connectivity index (χ0v) is 16.8. The number of hydrogen-bond donors (Lipinski definition) is 4. The summed E-state index contributed by atoms with van der Waals surface area (Å²) in [5.74, 6) is 1.28. The van der Waals surface area contributed by atoms with E-state index in [-0.39, 0.29) is 18.1 Å². The van der Waals surface area contributed by atoms with Crippen molar-refractivity contribution in [1.29, 1.82) is 0 Å². The van der Waals surface area contributed by atoms with E-state index >= 15 is 0 Å². The molecule has 3 saturated heterocycles. The lowest BCUT2D eigenvalue weighted by atomic mass is 9.75. The summed E-state index contributed by atoms with van der Waals surface area (Å²) in [4.78, 5) is 19.0. The molecule has 6 nitrogen and oxygen atoms in total. The number of amides is 1. The average molecular weight is 379 g/mol. The van der Waals surface area contributed by atoms with Crippen molar-refractivity contribution in [3.63, 3.8) is 0 Å². The number of nitrogens with one attached hydrogen (secondary N) is 4. The van der Waals surface area contributed by atoms with E-state index in [1.165, 1.54) is 44.9 Å². The van der Waals surface area contributed by atoms with Crippen molar-refractivity contribution < 1.29 is 9.63 Å². The summed E-state index contributed by atoms with van der Waals surface area (Å²) in [6, 6.07) is 1.32. The lowest BCUT2D eigenvalue weighted by Gasteiger charge is -2.43. The highest BCUT2D eigenvalue weighted by atomic mass is 16.7. The molecule has 6 heteroatoms. The molecule has 6 unspecified atom stereocenters. The molecule has 4 N–H and O–H groups in total. The van der Waals surface area contributed by atoms with Crippen LogP contribution in [-0.2, 0) is 9.63 Å². The van der Waals surface area contributed by atoms with Gasteiger partial charge >= 0.3 is 0 Å². The molecule has 0 aromatic carbocycles. The third-order valence-electron chi connectivity index (χ3n) is 7.38. The van der Waals surface area contributed by atoms with Gasteiger partial charge in [-0.05, 0) is 69.9 Å². The molecule has 1 amide bonds. The molecule has 154 valence electrons. The Hall–Kier alpha value is -0.690. The summed E-state index contributed by atoms with van der Waals surface area (Å²) >= 11 is 0. The van der Waals surface area contributed by atoms with Gasteiger partial charge in [-0.15, -0.1) is 0 Å². The van der Waals surface area contributed by atoms with E-state index in [9.17, 15) is 4.79 Å². The van der Waals surface area contributed by atoms with Crippen LogP contribution in [0.1, 0.15) is 71.1 Å². The predicted octanol–water partition coefficient (Wildman–Crippen LogP) is 1.85. The summed E-state index contributed by atoms with van der Waals surface area (Å²) in [5, 5.41) is 10.7. The predicted molar refractivity (Wildman–Crippen MR) is 106 cm³/mol. The lowest BCUT2D eigenvalue weighted by Crippen LogP contribution is -2.64. The van der Waals surface area contributed by atoms with Gasteiger partial charge < -0.3 is 16.0 Å². The van der Waals surface area contributed by atoms with Gasteiger partial charge in [-0.25, -0.2) is 0 Å². The molecule has 6 atom stereocenters. The maximum Gasteiger partial charge on any atom is 0.251 e. The molecule has 1 saturated carbocycles. The van der Waals surface area contributed by atoms with Crippen molar-refractivity contribution in [1.82, 2.24) is 21.4 Å². The molecule has 0 radical (unpaired) electrons. The summed E-state index contributed by atoms with van der Waals surface area (Å²) in [5.41, 5.74) is 3.24. The molecule has 27 heavy (non-hydrogen) atoms. The van der Waals surface area contributed by atoms with E-state index < -0.39 is 0 Å². The van der Waals surface area contributed by atoms with Crippen LogP contribution in [0.3, 0.4) is 0 Å². The Morgan fingerprint density at radius 1 is 0.963 bits per heavy atom. The van der Waals surface area contributed by atoms with E-state index in [2.05, 4.69) is 28.4 Å². The Balaban J connectivity index is 1.38. The number of carbonyl (C=O) groups is 1. The van der Waals surface area contributed by atoms with Gasteiger partial charge in [0.15, 0.2) is 6.10 Å². The molecule has 0 aromatic rings. The first kappa shape index (κ1) is 19.6. The number of carbonyl (C=O) groups excluding carboxylic acids is 1. The van der Waals surface area contributed by atoms with Crippen molar-refractivity contribution >= 4 is 5.91 Å². The van der Waals surface area contributed by atoms with E-state index in [0.717, 1.165) is 32.4 Å². The maximum atomic E-state index is 13.1. The smallest absolute Gasteiger partial charge is 0.251 e. The molecule has 4 fully saturated rings. The fraction of sp³-hybridized carbons (Fsp3) is 0.952. The number of hydroxylamine groups is 1. The normalized spacial score (nSPS) is 41.4. The van der Waals surface area contributed by atoms with E-state index in [1.54, 1.807) is 0 Å². The second-order valence-electron chi connectivity index (χ2n) is 9.30. The van der Waals surface area contributed by atoms with Crippen LogP contribution < -0.4 is 21.4 Å². The van der Waals surface area contributed by atoms with Crippen molar-refractivity contribution in [2.24, 2.45) is 11.8 Å². The van der Waals surface area contributed by atoms with Gasteiger partial charge in [-0.1, -0.05) is 26.2 Å². The Morgan fingerprint density at radius 2 is 1.67 bits per heavy atom. The molecule has 3 aliphatic heterocycles. The maximum absolute atomic E-state index is 13.1. The van der Waals surface area contributed by atoms with Crippen molar-refractivity contribution in [3.05, 3.63) is 0 Å². The number of piperidine rings is 2. The van der Waals surface area contributed by atoms with E-state index in [1.807, 2.05) is 0 Å². The second-order valence-corrected chi connectivity index (χ2v) is 9.30. The molecule has 0 bridgehead atoms. The zero-order chi connectivity index (χ0) is 18.6. The van der Waals surface area contributed by atoms with Gasteiger partial charge in [0, 0.05) is 18.1 Å². The van der Waals surface area contributed by atoms with Crippen molar-refractivity contribution in [2.75, 3.05) is 13.1 Å². The van der Waals surface area contributed by atoms with Gasteiger partial charge in [0.25, 0.3) is 5.91 Å². The fourth-order valence-electron chi connectivity index (χ4n) is 5.76. The lowest BCUT2D eigenvalue weighted by molar-refractivity contribution is -0.159. The molecule has 4 rings (SSSR count). The number of hydrogen-bond acceptors (Lipinski definition) is 5. The molecule has 0 spiro atoms. The molecule has 0 aromatic heterocycles. The standard InChI is InChI=1S/C21H38N4O2/c1-14-7-6-8-15-13-18(27-25-19(14)15)21(26)24-20(16-9-2-4-11-22-16)17-10-3-5-12-23-17/h14-20,22-23,25H,2-13H2,1H3,(H,24,26). The van der Waals surface area contributed by atoms with Crippen molar-refractivity contribution in [3.8, 4) is 0 Å². The van der Waals surface area contributed by atoms with Crippen LogP contribution in [0.2, 0.25) is 0 Å². The van der Waals surface area contributed by atoms with Crippen LogP contribution in [0.5, 0.6) is 0 Å². The topological polar surface area (TPSA) is 74.4 Å². The third kappa shape index (κ3) is 4.66.